The first-order valence-corrected chi connectivity index (χ1v) is 13.0. The van der Waals surface area contributed by atoms with E-state index in [1.807, 2.05) is 0 Å². The van der Waals surface area contributed by atoms with E-state index >= 15 is 0 Å². The summed E-state index contributed by atoms with van der Waals surface area (Å²) in [5, 5.41) is 0.332. The van der Waals surface area contributed by atoms with Crippen LogP contribution in [0.3, 0.4) is 0 Å². The largest absolute Gasteiger partial charge is 0.280 e. The summed E-state index contributed by atoms with van der Waals surface area (Å²) in [6.45, 7) is 2.07. The average Bonchev–Trinajstić information content (AvgIpc) is 2.75. The lowest BCUT2D eigenvalue weighted by Crippen LogP contribution is -2.35. The lowest BCUT2D eigenvalue weighted by atomic mass is 10.0. The van der Waals surface area contributed by atoms with Crippen molar-refractivity contribution in [1.82, 2.24) is 0 Å². The summed E-state index contributed by atoms with van der Waals surface area (Å²) in [6.07, 6.45) is 1.30. The van der Waals surface area contributed by atoms with Crippen molar-refractivity contribution in [2.45, 2.75) is 29.6 Å². The number of nitrogens with zero attached hydrogens (tertiary/aromatic N) is 1. The number of anilines is 2. The van der Waals surface area contributed by atoms with Crippen LogP contribution in [0.1, 0.15) is 17.5 Å². The normalized spacial score (nSPS) is 14.2. The standard InChI is InChI=1S/C22H21ClN2O4S2/c1-16-9-10-18(23)15-22(16)30(26,27)24-19-11-12-21-17(14-19)6-5-13-25(21)31(28,29)20-7-3-2-4-8-20/h2-4,7-12,14-15,24H,5-6,13H2,1H3. The second-order valence-corrected chi connectivity index (χ2v) is 11.3. The Hall–Kier alpha value is -2.55. The lowest BCUT2D eigenvalue weighted by Gasteiger charge is -2.31. The van der Waals surface area contributed by atoms with Gasteiger partial charge < -0.3 is 0 Å². The molecule has 3 aromatic rings. The van der Waals surface area contributed by atoms with Gasteiger partial charge in [-0.05, 0) is 73.4 Å². The van der Waals surface area contributed by atoms with Gasteiger partial charge in [0, 0.05) is 17.3 Å². The van der Waals surface area contributed by atoms with Crippen LogP contribution in [0.25, 0.3) is 0 Å². The molecule has 162 valence electrons. The quantitative estimate of drug-likeness (QED) is 0.583. The van der Waals surface area contributed by atoms with Crippen LogP contribution in [0, 0.1) is 6.92 Å². The number of benzene rings is 3. The van der Waals surface area contributed by atoms with Crippen LogP contribution >= 0.6 is 11.6 Å². The Bertz CT molecular complexity index is 1340. The molecule has 0 saturated carbocycles. The summed E-state index contributed by atoms with van der Waals surface area (Å²) in [4.78, 5) is 0.329. The van der Waals surface area contributed by atoms with E-state index in [2.05, 4.69) is 4.72 Å². The maximum atomic E-state index is 13.1. The highest BCUT2D eigenvalue weighted by atomic mass is 35.5. The van der Waals surface area contributed by atoms with Crippen LogP contribution in [0.15, 0.2) is 76.5 Å². The molecule has 0 spiro atoms. The first kappa shape index (κ1) is 21.7. The maximum absolute atomic E-state index is 13.1. The zero-order chi connectivity index (χ0) is 22.2. The van der Waals surface area contributed by atoms with Gasteiger partial charge in [-0.2, -0.15) is 0 Å². The zero-order valence-electron chi connectivity index (χ0n) is 16.7. The van der Waals surface area contributed by atoms with E-state index in [-0.39, 0.29) is 9.79 Å². The summed E-state index contributed by atoms with van der Waals surface area (Å²) < 4.78 is 56.0. The molecule has 0 radical (unpaired) electrons. The second kappa shape index (κ2) is 8.18. The molecular weight excluding hydrogens is 456 g/mol. The molecule has 9 heteroatoms. The summed E-state index contributed by atoms with van der Waals surface area (Å²) >= 11 is 5.98. The lowest BCUT2D eigenvalue weighted by molar-refractivity contribution is 0.586. The Balaban J connectivity index is 1.67. The molecule has 1 N–H and O–H groups in total. The van der Waals surface area contributed by atoms with Gasteiger partial charge in [0.15, 0.2) is 0 Å². The van der Waals surface area contributed by atoms with Gasteiger partial charge in [-0.1, -0.05) is 35.9 Å². The third kappa shape index (κ3) is 4.28. The van der Waals surface area contributed by atoms with Crippen molar-refractivity contribution >= 4 is 43.0 Å². The van der Waals surface area contributed by atoms with Gasteiger partial charge in [-0.3, -0.25) is 9.03 Å². The number of fused-ring (bicyclic) bond motifs is 1. The molecule has 0 unspecified atom stereocenters. The predicted molar refractivity (Wildman–Crippen MR) is 123 cm³/mol. The minimum absolute atomic E-state index is 0.103. The summed E-state index contributed by atoms with van der Waals surface area (Å²) in [5.41, 5.74) is 2.29. The number of hydrogen-bond donors (Lipinski definition) is 1. The SMILES string of the molecule is Cc1ccc(Cl)cc1S(=O)(=O)Nc1ccc2c(c1)CCCN2S(=O)(=O)c1ccccc1. The smallest absolute Gasteiger partial charge is 0.264 e. The van der Waals surface area contributed by atoms with Crippen molar-refractivity contribution in [3.05, 3.63) is 82.9 Å². The number of hydrogen-bond acceptors (Lipinski definition) is 4. The van der Waals surface area contributed by atoms with Crippen LogP contribution < -0.4 is 9.03 Å². The van der Waals surface area contributed by atoms with E-state index in [1.54, 1.807) is 67.6 Å². The topological polar surface area (TPSA) is 83.6 Å². The van der Waals surface area contributed by atoms with Crippen molar-refractivity contribution in [3.8, 4) is 0 Å². The number of aryl methyl sites for hydroxylation is 2. The van der Waals surface area contributed by atoms with Crippen LogP contribution in [-0.4, -0.2) is 23.4 Å². The second-order valence-electron chi connectivity index (χ2n) is 7.35. The van der Waals surface area contributed by atoms with Gasteiger partial charge in [0.25, 0.3) is 20.0 Å². The molecule has 0 bridgehead atoms. The van der Waals surface area contributed by atoms with Gasteiger partial charge in [0.05, 0.1) is 15.5 Å². The summed E-state index contributed by atoms with van der Waals surface area (Å²) in [5.74, 6) is 0. The Morgan fingerprint density at radius 2 is 1.68 bits per heavy atom. The van der Waals surface area contributed by atoms with E-state index in [4.69, 9.17) is 11.6 Å². The van der Waals surface area contributed by atoms with E-state index in [0.717, 1.165) is 5.56 Å². The van der Waals surface area contributed by atoms with Crippen LogP contribution in [0.4, 0.5) is 11.4 Å². The molecule has 0 saturated heterocycles. The number of rotatable bonds is 5. The molecule has 4 rings (SSSR count). The molecule has 1 heterocycles. The molecule has 3 aromatic carbocycles. The molecular formula is C22H21ClN2O4S2. The summed E-state index contributed by atoms with van der Waals surface area (Å²) in [6, 6.07) is 17.9. The Morgan fingerprint density at radius 3 is 2.42 bits per heavy atom. The van der Waals surface area contributed by atoms with Crippen LogP contribution in [-0.2, 0) is 26.5 Å². The van der Waals surface area contributed by atoms with Gasteiger partial charge in [0.2, 0.25) is 0 Å². The first-order chi connectivity index (χ1) is 14.7. The van der Waals surface area contributed by atoms with Gasteiger partial charge in [-0.15, -0.1) is 0 Å². The van der Waals surface area contributed by atoms with Gasteiger partial charge in [-0.25, -0.2) is 16.8 Å². The van der Waals surface area contributed by atoms with E-state index in [1.165, 1.54) is 10.4 Å². The van der Waals surface area contributed by atoms with Crippen molar-refractivity contribution in [3.63, 3.8) is 0 Å². The summed E-state index contributed by atoms with van der Waals surface area (Å²) in [7, 11) is -7.54. The maximum Gasteiger partial charge on any atom is 0.264 e. The fraction of sp³-hybridized carbons (Fsp3) is 0.182. The molecule has 0 aliphatic carbocycles. The minimum atomic E-state index is -3.84. The third-order valence-electron chi connectivity index (χ3n) is 5.18. The minimum Gasteiger partial charge on any atom is -0.280 e. The van der Waals surface area contributed by atoms with E-state index in [9.17, 15) is 16.8 Å². The highest BCUT2D eigenvalue weighted by Gasteiger charge is 2.29. The van der Waals surface area contributed by atoms with Crippen LogP contribution in [0.5, 0.6) is 0 Å². The monoisotopic (exact) mass is 476 g/mol. The molecule has 0 fully saturated rings. The zero-order valence-corrected chi connectivity index (χ0v) is 19.1. The van der Waals surface area contributed by atoms with Gasteiger partial charge in [0.1, 0.15) is 0 Å². The van der Waals surface area contributed by atoms with E-state index < -0.39 is 20.0 Å². The highest BCUT2D eigenvalue weighted by molar-refractivity contribution is 7.93. The van der Waals surface area contributed by atoms with Gasteiger partial charge >= 0.3 is 0 Å². The Labute approximate surface area is 187 Å². The Kier molecular flexibility index (Phi) is 5.72. The molecule has 1 aliphatic heterocycles. The highest BCUT2D eigenvalue weighted by Crippen LogP contribution is 2.34. The number of sulfonamides is 2. The molecule has 31 heavy (non-hydrogen) atoms. The average molecular weight is 477 g/mol. The molecule has 0 atom stereocenters. The van der Waals surface area contributed by atoms with Crippen molar-refractivity contribution < 1.29 is 16.8 Å². The molecule has 0 amide bonds. The number of nitrogens with one attached hydrogen (secondary N) is 1. The predicted octanol–water partition coefficient (Wildman–Crippen LogP) is 4.59. The Morgan fingerprint density at radius 1 is 0.935 bits per heavy atom. The van der Waals surface area contributed by atoms with Crippen molar-refractivity contribution in [1.29, 1.82) is 0 Å². The molecule has 1 aliphatic rings. The molecule has 0 aromatic heterocycles. The number of halogens is 1. The van der Waals surface area contributed by atoms with Crippen LogP contribution in [0.2, 0.25) is 5.02 Å². The molecule has 6 nitrogen and oxygen atoms in total. The van der Waals surface area contributed by atoms with Crippen molar-refractivity contribution in [2.24, 2.45) is 0 Å². The fourth-order valence-corrected chi connectivity index (χ4v) is 6.79. The van der Waals surface area contributed by atoms with E-state index in [0.29, 0.717) is 41.3 Å². The fourth-order valence-electron chi connectivity index (χ4n) is 3.67. The van der Waals surface area contributed by atoms with Crippen molar-refractivity contribution in [2.75, 3.05) is 15.6 Å². The third-order valence-corrected chi connectivity index (χ3v) is 8.76. The first-order valence-electron chi connectivity index (χ1n) is 9.68.